The van der Waals surface area contributed by atoms with E-state index in [1.165, 1.54) is 10.9 Å². The lowest BCUT2D eigenvalue weighted by Crippen LogP contribution is -2.28. The fourth-order valence-electron chi connectivity index (χ4n) is 1.66. The molecule has 0 amide bonds. The number of hydrogen-bond donors (Lipinski definition) is 1. The quantitative estimate of drug-likeness (QED) is 0.805. The Hall–Kier alpha value is -1.37. The van der Waals surface area contributed by atoms with Gasteiger partial charge in [0.2, 0.25) is 0 Å². The second kappa shape index (κ2) is 4.87. The van der Waals surface area contributed by atoms with Gasteiger partial charge in [-0.3, -0.25) is 4.79 Å². The van der Waals surface area contributed by atoms with E-state index in [9.17, 15) is 4.79 Å². The van der Waals surface area contributed by atoms with E-state index in [0.717, 1.165) is 12.2 Å². The molecule has 6 nitrogen and oxygen atoms in total. The zero-order chi connectivity index (χ0) is 12.4. The van der Waals surface area contributed by atoms with E-state index in [2.05, 4.69) is 35.0 Å². The van der Waals surface area contributed by atoms with Crippen molar-refractivity contribution >= 4 is 23.7 Å². The highest BCUT2D eigenvalue weighted by Crippen LogP contribution is 2.07. The van der Waals surface area contributed by atoms with Gasteiger partial charge in [0.15, 0.2) is 5.65 Å². The van der Waals surface area contributed by atoms with Gasteiger partial charge in [0.25, 0.3) is 5.56 Å². The van der Waals surface area contributed by atoms with Crippen molar-refractivity contribution in [3.63, 3.8) is 0 Å². The maximum Gasteiger partial charge on any atom is 0.280 e. The summed E-state index contributed by atoms with van der Waals surface area (Å²) in [5.74, 6) is 1.06. The Kier molecular flexibility index (Phi) is 3.46. The van der Waals surface area contributed by atoms with Crippen molar-refractivity contribution in [1.29, 1.82) is 0 Å². The van der Waals surface area contributed by atoms with Gasteiger partial charge in [0.05, 0.1) is 12.7 Å². The van der Waals surface area contributed by atoms with Gasteiger partial charge in [0.1, 0.15) is 5.39 Å². The summed E-state index contributed by atoms with van der Waals surface area (Å²) in [5.41, 5.74) is 0.383. The van der Waals surface area contributed by atoms with Crippen molar-refractivity contribution in [2.45, 2.75) is 19.9 Å². The van der Waals surface area contributed by atoms with E-state index >= 15 is 0 Å². The molecule has 2 aromatic rings. The van der Waals surface area contributed by atoms with Gasteiger partial charge in [-0.2, -0.15) is 17.7 Å². The van der Waals surface area contributed by atoms with Crippen LogP contribution in [0, 0.1) is 5.92 Å². The van der Waals surface area contributed by atoms with E-state index in [4.69, 9.17) is 0 Å². The molecule has 0 radical (unpaired) electrons. The summed E-state index contributed by atoms with van der Waals surface area (Å²) in [4.78, 5) is 12.1. The van der Waals surface area contributed by atoms with Gasteiger partial charge in [0, 0.05) is 7.05 Å². The third-order valence-corrected chi connectivity index (χ3v) is 3.40. The Morgan fingerprint density at radius 3 is 2.94 bits per heavy atom. The highest BCUT2D eigenvalue weighted by molar-refractivity contribution is 7.80. The number of thiol groups is 1. The summed E-state index contributed by atoms with van der Waals surface area (Å²) in [6, 6.07) is 0. The zero-order valence-electron chi connectivity index (χ0n) is 9.87. The predicted octanol–water partition coefficient (Wildman–Crippen LogP) is 0.481. The van der Waals surface area contributed by atoms with Crippen LogP contribution >= 0.6 is 12.6 Å². The third-order valence-electron chi connectivity index (χ3n) is 2.89. The van der Waals surface area contributed by atoms with E-state index in [-0.39, 0.29) is 5.56 Å². The Morgan fingerprint density at radius 2 is 2.29 bits per heavy atom. The highest BCUT2D eigenvalue weighted by Gasteiger charge is 2.12. The number of aryl methyl sites for hydroxylation is 1. The third kappa shape index (κ3) is 2.19. The Balaban J connectivity index is 2.43. The summed E-state index contributed by atoms with van der Waals surface area (Å²) in [6.07, 6.45) is 2.49. The molecule has 0 saturated heterocycles. The fourth-order valence-corrected chi connectivity index (χ4v) is 2.03. The lowest BCUT2D eigenvalue weighted by atomic mass is 10.1. The second-order valence-electron chi connectivity index (χ2n) is 4.04. The molecular formula is C10H15N5OS. The van der Waals surface area contributed by atoms with E-state index in [1.54, 1.807) is 11.7 Å². The van der Waals surface area contributed by atoms with Crippen molar-refractivity contribution < 1.29 is 0 Å². The molecule has 7 heteroatoms. The molecule has 0 bridgehead atoms. The van der Waals surface area contributed by atoms with E-state index in [1.807, 2.05) is 0 Å². The summed E-state index contributed by atoms with van der Waals surface area (Å²) in [5, 5.41) is 12.5. The standard InChI is InChI=1S/C10H15N5OS/c1-3-7(6-17)5-15-10(16)8-4-11-14(2)9(8)12-13-15/h4,7,17H,3,5-6H2,1-2H3. The smallest absolute Gasteiger partial charge is 0.267 e. The molecule has 0 aliphatic carbocycles. The molecule has 1 atom stereocenters. The van der Waals surface area contributed by atoms with Gasteiger partial charge in [-0.05, 0) is 11.7 Å². The lowest BCUT2D eigenvalue weighted by molar-refractivity contribution is 0.419. The molecule has 2 rings (SSSR count). The SMILES string of the molecule is CCC(CS)Cn1nnc2c(cnn2C)c1=O. The monoisotopic (exact) mass is 253 g/mol. The molecule has 2 aromatic heterocycles. The first-order valence-corrected chi connectivity index (χ1v) is 6.17. The fraction of sp³-hybridized carbons (Fsp3) is 0.600. The molecule has 2 heterocycles. The average molecular weight is 253 g/mol. The van der Waals surface area contributed by atoms with Gasteiger partial charge >= 0.3 is 0 Å². The first-order valence-electron chi connectivity index (χ1n) is 5.53. The summed E-state index contributed by atoms with van der Waals surface area (Å²) >= 11 is 4.26. The first kappa shape index (κ1) is 12.1. The van der Waals surface area contributed by atoms with Gasteiger partial charge in [-0.25, -0.2) is 9.36 Å². The highest BCUT2D eigenvalue weighted by atomic mass is 32.1. The van der Waals surface area contributed by atoms with Crippen molar-refractivity contribution in [1.82, 2.24) is 24.8 Å². The molecule has 0 aliphatic rings. The molecule has 1 unspecified atom stereocenters. The van der Waals surface area contributed by atoms with Crippen LogP contribution < -0.4 is 5.56 Å². The predicted molar refractivity (Wildman–Crippen MR) is 68.2 cm³/mol. The zero-order valence-corrected chi connectivity index (χ0v) is 10.8. The van der Waals surface area contributed by atoms with Gasteiger partial charge in [-0.15, -0.1) is 5.10 Å². The van der Waals surface area contributed by atoms with Crippen molar-refractivity contribution in [3.8, 4) is 0 Å². The molecule has 0 aromatic carbocycles. The largest absolute Gasteiger partial charge is 0.280 e. The maximum absolute atomic E-state index is 12.1. The minimum absolute atomic E-state index is 0.136. The minimum atomic E-state index is -0.136. The van der Waals surface area contributed by atoms with Crippen LogP contribution in [0.1, 0.15) is 13.3 Å². The summed E-state index contributed by atoms with van der Waals surface area (Å²) in [6.45, 7) is 2.62. The van der Waals surface area contributed by atoms with Crippen LogP contribution in [0.15, 0.2) is 11.0 Å². The molecular weight excluding hydrogens is 238 g/mol. The second-order valence-corrected chi connectivity index (χ2v) is 4.40. The summed E-state index contributed by atoms with van der Waals surface area (Å²) in [7, 11) is 1.74. The van der Waals surface area contributed by atoms with Gasteiger partial charge < -0.3 is 0 Å². The Morgan fingerprint density at radius 1 is 1.53 bits per heavy atom. The molecule has 0 saturated carbocycles. The average Bonchev–Trinajstić information content (AvgIpc) is 2.71. The van der Waals surface area contributed by atoms with E-state index in [0.29, 0.717) is 23.5 Å². The van der Waals surface area contributed by atoms with Crippen LogP contribution in [0.5, 0.6) is 0 Å². The van der Waals surface area contributed by atoms with Crippen LogP contribution in [0.25, 0.3) is 11.0 Å². The maximum atomic E-state index is 12.1. The molecule has 0 fully saturated rings. The Bertz CT molecular complexity index is 572. The minimum Gasteiger partial charge on any atom is -0.267 e. The number of hydrogen-bond acceptors (Lipinski definition) is 5. The molecule has 17 heavy (non-hydrogen) atoms. The van der Waals surface area contributed by atoms with Crippen molar-refractivity contribution in [2.75, 3.05) is 5.75 Å². The van der Waals surface area contributed by atoms with Crippen LogP contribution in [-0.2, 0) is 13.6 Å². The van der Waals surface area contributed by atoms with Crippen LogP contribution in [0.2, 0.25) is 0 Å². The van der Waals surface area contributed by atoms with Crippen LogP contribution in [0.3, 0.4) is 0 Å². The summed E-state index contributed by atoms with van der Waals surface area (Å²) < 4.78 is 2.94. The number of aromatic nitrogens is 5. The molecule has 0 N–H and O–H groups in total. The molecule has 0 aliphatic heterocycles. The Labute approximate surface area is 104 Å². The first-order chi connectivity index (χ1) is 8.17. The van der Waals surface area contributed by atoms with Crippen LogP contribution in [0.4, 0.5) is 0 Å². The number of rotatable bonds is 4. The van der Waals surface area contributed by atoms with Gasteiger partial charge in [-0.1, -0.05) is 18.6 Å². The number of nitrogens with zero attached hydrogens (tertiary/aromatic N) is 5. The number of fused-ring (bicyclic) bond motifs is 1. The van der Waals surface area contributed by atoms with Crippen LogP contribution in [-0.4, -0.2) is 30.5 Å². The van der Waals surface area contributed by atoms with Crippen molar-refractivity contribution in [3.05, 3.63) is 16.6 Å². The topological polar surface area (TPSA) is 65.6 Å². The van der Waals surface area contributed by atoms with E-state index < -0.39 is 0 Å². The molecule has 0 spiro atoms. The molecule has 92 valence electrons. The normalized spacial score (nSPS) is 13.1. The van der Waals surface area contributed by atoms with Crippen molar-refractivity contribution in [2.24, 2.45) is 13.0 Å². The lowest BCUT2D eigenvalue weighted by Gasteiger charge is -2.11.